The summed E-state index contributed by atoms with van der Waals surface area (Å²) < 4.78 is 0. The molecule has 1 aromatic rings. The van der Waals surface area contributed by atoms with Crippen molar-refractivity contribution in [1.82, 2.24) is 15.1 Å². The molecular formula is C10H12ClN3O. The number of aromatic nitrogens is 2. The highest BCUT2D eigenvalue weighted by Gasteiger charge is 2.20. The Hall–Kier alpha value is -1.16. The van der Waals surface area contributed by atoms with Crippen LogP contribution in [-0.4, -0.2) is 27.5 Å². The van der Waals surface area contributed by atoms with Crippen molar-refractivity contribution in [3.05, 3.63) is 22.5 Å². The molecule has 0 spiro atoms. The molecule has 15 heavy (non-hydrogen) atoms. The van der Waals surface area contributed by atoms with Crippen LogP contribution in [0.25, 0.3) is 0 Å². The zero-order chi connectivity index (χ0) is 10.8. The fourth-order valence-corrected chi connectivity index (χ4v) is 1.90. The normalized spacial score (nSPS) is 14.9. The van der Waals surface area contributed by atoms with Crippen molar-refractivity contribution in [1.29, 1.82) is 0 Å². The van der Waals surface area contributed by atoms with Crippen LogP contribution in [0.3, 0.4) is 0 Å². The van der Waals surface area contributed by atoms with E-state index in [1.54, 1.807) is 0 Å². The van der Waals surface area contributed by atoms with Gasteiger partial charge in [0, 0.05) is 13.0 Å². The third-order valence-corrected chi connectivity index (χ3v) is 2.76. The maximum atomic E-state index is 11.5. The first kappa shape index (κ1) is 10.4. The number of hydrogen-bond acceptors (Lipinski definition) is 3. The molecule has 2 heterocycles. The summed E-state index contributed by atoms with van der Waals surface area (Å²) in [5.41, 5.74) is 1.97. The highest BCUT2D eigenvalue weighted by Crippen LogP contribution is 2.18. The van der Waals surface area contributed by atoms with E-state index in [4.69, 9.17) is 11.6 Å². The number of halogens is 1. The lowest BCUT2D eigenvalue weighted by Crippen LogP contribution is -2.36. The molecule has 2 rings (SSSR count). The van der Waals surface area contributed by atoms with E-state index in [1.165, 1.54) is 0 Å². The average molecular weight is 226 g/mol. The van der Waals surface area contributed by atoms with E-state index in [1.807, 2.05) is 17.9 Å². The van der Waals surface area contributed by atoms with Crippen LogP contribution in [0.5, 0.6) is 0 Å². The molecule has 0 radical (unpaired) electrons. The van der Waals surface area contributed by atoms with Crippen molar-refractivity contribution in [2.45, 2.75) is 26.3 Å². The van der Waals surface area contributed by atoms with E-state index in [-0.39, 0.29) is 5.91 Å². The SMILES string of the molecule is CCC(=O)N1CCc2cc(Cl)nnc2C1. The Morgan fingerprint density at radius 2 is 2.40 bits per heavy atom. The van der Waals surface area contributed by atoms with Crippen molar-refractivity contribution in [2.24, 2.45) is 0 Å². The van der Waals surface area contributed by atoms with Gasteiger partial charge in [-0.2, -0.15) is 5.10 Å². The molecule has 0 atom stereocenters. The predicted octanol–water partition coefficient (Wildman–Crippen LogP) is 1.42. The molecule has 0 N–H and O–H groups in total. The summed E-state index contributed by atoms with van der Waals surface area (Å²) in [6.07, 6.45) is 1.35. The van der Waals surface area contributed by atoms with Gasteiger partial charge in [-0.3, -0.25) is 4.79 Å². The van der Waals surface area contributed by atoms with Crippen LogP contribution < -0.4 is 0 Å². The number of carbonyl (C=O) groups excluding carboxylic acids is 1. The summed E-state index contributed by atoms with van der Waals surface area (Å²) in [6.45, 7) is 3.18. The molecule has 0 aliphatic carbocycles. The van der Waals surface area contributed by atoms with Crippen LogP contribution in [0.4, 0.5) is 0 Å². The second-order valence-electron chi connectivity index (χ2n) is 3.56. The molecule has 4 nitrogen and oxygen atoms in total. The largest absolute Gasteiger partial charge is 0.336 e. The van der Waals surface area contributed by atoms with Gasteiger partial charge in [0.1, 0.15) is 0 Å². The lowest BCUT2D eigenvalue weighted by atomic mass is 10.1. The van der Waals surface area contributed by atoms with Gasteiger partial charge in [0.15, 0.2) is 5.15 Å². The molecule has 0 saturated carbocycles. The number of amides is 1. The van der Waals surface area contributed by atoms with E-state index < -0.39 is 0 Å². The highest BCUT2D eigenvalue weighted by atomic mass is 35.5. The quantitative estimate of drug-likeness (QED) is 0.726. The molecule has 0 aromatic carbocycles. The van der Waals surface area contributed by atoms with Crippen LogP contribution in [0, 0.1) is 0 Å². The summed E-state index contributed by atoms with van der Waals surface area (Å²) in [7, 11) is 0. The average Bonchev–Trinajstić information content (AvgIpc) is 2.27. The van der Waals surface area contributed by atoms with E-state index >= 15 is 0 Å². The number of carbonyl (C=O) groups is 1. The number of fused-ring (bicyclic) bond motifs is 1. The summed E-state index contributed by atoms with van der Waals surface area (Å²) in [5.74, 6) is 0.164. The maximum Gasteiger partial charge on any atom is 0.222 e. The second-order valence-corrected chi connectivity index (χ2v) is 3.95. The number of hydrogen-bond donors (Lipinski definition) is 0. The molecule has 5 heteroatoms. The Kier molecular flexibility index (Phi) is 2.86. The molecule has 80 valence electrons. The van der Waals surface area contributed by atoms with Crippen molar-refractivity contribution in [3.8, 4) is 0 Å². The zero-order valence-corrected chi connectivity index (χ0v) is 9.29. The Morgan fingerprint density at radius 3 is 3.13 bits per heavy atom. The molecule has 1 aliphatic heterocycles. The Labute approximate surface area is 93.2 Å². The van der Waals surface area contributed by atoms with Gasteiger partial charge >= 0.3 is 0 Å². The minimum absolute atomic E-state index is 0.164. The van der Waals surface area contributed by atoms with E-state index in [0.717, 1.165) is 24.2 Å². The van der Waals surface area contributed by atoms with Crippen molar-refractivity contribution < 1.29 is 4.79 Å². The molecule has 0 bridgehead atoms. The predicted molar refractivity (Wildman–Crippen MR) is 56.5 cm³/mol. The van der Waals surface area contributed by atoms with Crippen LogP contribution in [0.15, 0.2) is 6.07 Å². The van der Waals surface area contributed by atoms with Gasteiger partial charge in [0.05, 0.1) is 12.2 Å². The molecule has 0 fully saturated rings. The van der Waals surface area contributed by atoms with Crippen LogP contribution in [-0.2, 0) is 17.8 Å². The first-order chi connectivity index (χ1) is 7.20. The highest BCUT2D eigenvalue weighted by molar-refractivity contribution is 6.29. The smallest absolute Gasteiger partial charge is 0.222 e. The third-order valence-electron chi connectivity index (χ3n) is 2.58. The maximum absolute atomic E-state index is 11.5. The molecule has 1 amide bonds. The topological polar surface area (TPSA) is 46.1 Å². The van der Waals surface area contributed by atoms with E-state index in [0.29, 0.717) is 18.1 Å². The van der Waals surface area contributed by atoms with Crippen LogP contribution >= 0.6 is 11.6 Å². The number of rotatable bonds is 1. The van der Waals surface area contributed by atoms with Crippen molar-refractivity contribution in [2.75, 3.05) is 6.54 Å². The fourth-order valence-electron chi connectivity index (χ4n) is 1.73. The first-order valence-corrected chi connectivity index (χ1v) is 5.37. The van der Waals surface area contributed by atoms with Crippen molar-refractivity contribution in [3.63, 3.8) is 0 Å². The minimum Gasteiger partial charge on any atom is -0.336 e. The lowest BCUT2D eigenvalue weighted by Gasteiger charge is -2.27. The van der Waals surface area contributed by atoms with Gasteiger partial charge in [-0.25, -0.2) is 0 Å². The van der Waals surface area contributed by atoms with Gasteiger partial charge in [-0.1, -0.05) is 18.5 Å². The molecular weight excluding hydrogens is 214 g/mol. The second kappa shape index (κ2) is 4.14. The zero-order valence-electron chi connectivity index (χ0n) is 8.53. The van der Waals surface area contributed by atoms with Gasteiger partial charge in [0.2, 0.25) is 5.91 Å². The van der Waals surface area contributed by atoms with E-state index in [9.17, 15) is 4.79 Å². The fraction of sp³-hybridized carbons (Fsp3) is 0.500. The van der Waals surface area contributed by atoms with Gasteiger partial charge < -0.3 is 4.90 Å². The van der Waals surface area contributed by atoms with Crippen LogP contribution in [0.1, 0.15) is 24.6 Å². The van der Waals surface area contributed by atoms with E-state index in [2.05, 4.69) is 10.2 Å². The molecule has 0 unspecified atom stereocenters. The Morgan fingerprint density at radius 1 is 1.60 bits per heavy atom. The van der Waals surface area contributed by atoms with Crippen molar-refractivity contribution >= 4 is 17.5 Å². The monoisotopic (exact) mass is 225 g/mol. The number of nitrogens with zero attached hydrogens (tertiary/aromatic N) is 3. The summed E-state index contributed by atoms with van der Waals surface area (Å²) >= 11 is 5.75. The molecule has 1 aliphatic rings. The molecule has 1 aromatic heterocycles. The lowest BCUT2D eigenvalue weighted by molar-refractivity contribution is -0.131. The molecule has 0 saturated heterocycles. The van der Waals surface area contributed by atoms with Crippen LogP contribution in [0.2, 0.25) is 5.15 Å². The Balaban J connectivity index is 2.20. The standard InChI is InChI=1S/C10H12ClN3O/c1-2-10(15)14-4-3-7-5-9(11)13-12-8(7)6-14/h5H,2-4,6H2,1H3. The van der Waals surface area contributed by atoms with Gasteiger partial charge in [-0.05, 0) is 18.1 Å². The summed E-state index contributed by atoms with van der Waals surface area (Å²) in [6, 6.07) is 1.83. The van der Waals surface area contributed by atoms with Gasteiger partial charge in [-0.15, -0.1) is 5.10 Å². The minimum atomic E-state index is 0.164. The van der Waals surface area contributed by atoms with Gasteiger partial charge in [0.25, 0.3) is 0 Å². The summed E-state index contributed by atoms with van der Waals surface area (Å²) in [5, 5.41) is 8.22. The third kappa shape index (κ3) is 2.09. The first-order valence-electron chi connectivity index (χ1n) is 4.99. The summed E-state index contributed by atoms with van der Waals surface area (Å²) in [4.78, 5) is 13.3. The Bertz CT molecular complexity index is 394.